The maximum Gasteiger partial charge on any atom is 0.319 e. The molecule has 3 amide bonds. The fourth-order valence-corrected chi connectivity index (χ4v) is 2.51. The number of anilines is 1. The van der Waals surface area contributed by atoms with Gasteiger partial charge >= 0.3 is 6.03 Å². The quantitative estimate of drug-likeness (QED) is 0.646. The normalized spacial score (nSPS) is 16.6. The van der Waals surface area contributed by atoms with Crippen molar-refractivity contribution in [3.05, 3.63) is 29.8 Å². The van der Waals surface area contributed by atoms with Crippen molar-refractivity contribution in [3.8, 4) is 0 Å². The molecule has 1 atom stereocenters. The summed E-state index contributed by atoms with van der Waals surface area (Å²) in [7, 11) is 0. The van der Waals surface area contributed by atoms with E-state index in [9.17, 15) is 9.59 Å². The van der Waals surface area contributed by atoms with Gasteiger partial charge in [-0.3, -0.25) is 4.79 Å². The average molecular weight is 318 g/mol. The first-order valence-corrected chi connectivity index (χ1v) is 8.04. The molecule has 1 saturated carbocycles. The molecule has 6 heteroatoms. The van der Waals surface area contributed by atoms with Gasteiger partial charge in [0.15, 0.2) is 0 Å². The molecule has 2 rings (SSSR count). The first-order chi connectivity index (χ1) is 10.8. The average Bonchev–Trinajstić information content (AvgIpc) is 3.31. The number of rotatable bonds is 6. The SMILES string of the molecule is CC(C)NC(=O)Nc1ccc(C(=O)NC(C)(CN)C2CC2)cc1. The van der Waals surface area contributed by atoms with Crippen molar-refractivity contribution in [3.63, 3.8) is 0 Å². The van der Waals surface area contributed by atoms with Gasteiger partial charge in [0.2, 0.25) is 0 Å². The van der Waals surface area contributed by atoms with E-state index in [1.807, 2.05) is 20.8 Å². The predicted octanol–water partition coefficient (Wildman–Crippen LogP) is 2.07. The van der Waals surface area contributed by atoms with E-state index in [2.05, 4.69) is 16.0 Å². The number of hydrogen-bond acceptors (Lipinski definition) is 3. The van der Waals surface area contributed by atoms with Crippen molar-refractivity contribution in [2.24, 2.45) is 11.7 Å². The molecule has 1 aromatic rings. The lowest BCUT2D eigenvalue weighted by Gasteiger charge is -2.29. The van der Waals surface area contributed by atoms with Crippen LogP contribution in [0.25, 0.3) is 0 Å². The molecule has 0 spiro atoms. The summed E-state index contributed by atoms with van der Waals surface area (Å²) in [6.07, 6.45) is 2.23. The second-order valence-corrected chi connectivity index (χ2v) is 6.68. The van der Waals surface area contributed by atoms with Crippen molar-refractivity contribution in [2.45, 2.75) is 45.2 Å². The molecular weight excluding hydrogens is 292 g/mol. The number of benzene rings is 1. The third-order valence-electron chi connectivity index (χ3n) is 4.13. The second-order valence-electron chi connectivity index (χ2n) is 6.68. The molecule has 126 valence electrons. The van der Waals surface area contributed by atoms with Crippen molar-refractivity contribution >= 4 is 17.6 Å². The van der Waals surface area contributed by atoms with E-state index in [4.69, 9.17) is 5.73 Å². The Hall–Kier alpha value is -2.08. The van der Waals surface area contributed by atoms with Gasteiger partial charge in [0.05, 0.1) is 5.54 Å². The van der Waals surface area contributed by atoms with Gasteiger partial charge < -0.3 is 21.7 Å². The van der Waals surface area contributed by atoms with Crippen LogP contribution in [0.15, 0.2) is 24.3 Å². The maximum atomic E-state index is 12.4. The highest BCUT2D eigenvalue weighted by Crippen LogP contribution is 2.39. The zero-order valence-electron chi connectivity index (χ0n) is 14.0. The lowest BCUT2D eigenvalue weighted by molar-refractivity contribution is 0.0898. The van der Waals surface area contributed by atoms with Crippen LogP contribution in [0, 0.1) is 5.92 Å². The van der Waals surface area contributed by atoms with Gasteiger partial charge in [0.25, 0.3) is 5.91 Å². The van der Waals surface area contributed by atoms with Crippen molar-refractivity contribution < 1.29 is 9.59 Å². The monoisotopic (exact) mass is 318 g/mol. The molecule has 6 nitrogen and oxygen atoms in total. The van der Waals surface area contributed by atoms with Crippen LogP contribution in [0.1, 0.15) is 44.0 Å². The van der Waals surface area contributed by atoms with E-state index in [0.29, 0.717) is 23.7 Å². The van der Waals surface area contributed by atoms with Crippen molar-refractivity contribution in [1.29, 1.82) is 0 Å². The molecule has 0 heterocycles. The molecule has 0 aromatic heterocycles. The topological polar surface area (TPSA) is 96.2 Å². The molecule has 23 heavy (non-hydrogen) atoms. The molecule has 0 radical (unpaired) electrons. The van der Waals surface area contributed by atoms with E-state index >= 15 is 0 Å². The maximum absolute atomic E-state index is 12.4. The highest BCUT2D eigenvalue weighted by molar-refractivity contribution is 5.96. The van der Waals surface area contributed by atoms with Gasteiger partial charge in [0, 0.05) is 23.8 Å². The first kappa shape index (κ1) is 17.3. The fourth-order valence-electron chi connectivity index (χ4n) is 2.51. The standard InChI is InChI=1S/C17H26N4O2/c1-11(2)19-16(23)20-14-8-4-12(5-9-14)15(22)21-17(3,10-18)13-6-7-13/h4-5,8-9,11,13H,6-7,10,18H2,1-3H3,(H,21,22)(H2,19,20,23). The van der Waals surface area contributed by atoms with E-state index in [1.165, 1.54) is 0 Å². The Kier molecular flexibility index (Phi) is 5.26. The number of carbonyl (C=O) groups excluding carboxylic acids is 2. The minimum absolute atomic E-state index is 0.0661. The molecule has 1 fully saturated rings. The van der Waals surface area contributed by atoms with Gasteiger partial charge in [0.1, 0.15) is 0 Å². The number of urea groups is 1. The van der Waals surface area contributed by atoms with Gasteiger partial charge in [-0.05, 0) is 63.8 Å². The van der Waals surface area contributed by atoms with E-state index in [1.54, 1.807) is 24.3 Å². The van der Waals surface area contributed by atoms with E-state index in [0.717, 1.165) is 12.8 Å². The molecule has 1 aliphatic rings. The van der Waals surface area contributed by atoms with Gasteiger partial charge in [-0.15, -0.1) is 0 Å². The van der Waals surface area contributed by atoms with Crippen LogP contribution in [0.5, 0.6) is 0 Å². The number of hydrogen-bond donors (Lipinski definition) is 4. The van der Waals surface area contributed by atoms with Crippen LogP contribution in [0.3, 0.4) is 0 Å². The number of nitrogens with two attached hydrogens (primary N) is 1. The summed E-state index contributed by atoms with van der Waals surface area (Å²) in [4.78, 5) is 24.0. The summed E-state index contributed by atoms with van der Waals surface area (Å²) >= 11 is 0. The molecule has 1 aliphatic carbocycles. The molecule has 0 saturated heterocycles. The van der Waals surface area contributed by atoms with Crippen LogP contribution in [-0.2, 0) is 0 Å². The highest BCUT2D eigenvalue weighted by Gasteiger charge is 2.41. The summed E-state index contributed by atoms with van der Waals surface area (Å²) in [5.41, 5.74) is 6.68. The zero-order valence-corrected chi connectivity index (χ0v) is 14.0. The van der Waals surface area contributed by atoms with E-state index in [-0.39, 0.29) is 23.5 Å². The van der Waals surface area contributed by atoms with Crippen molar-refractivity contribution in [2.75, 3.05) is 11.9 Å². The summed E-state index contributed by atoms with van der Waals surface area (Å²) < 4.78 is 0. The van der Waals surface area contributed by atoms with Crippen molar-refractivity contribution in [1.82, 2.24) is 10.6 Å². The van der Waals surface area contributed by atoms with E-state index < -0.39 is 0 Å². The summed E-state index contributed by atoms with van der Waals surface area (Å²) in [5, 5.41) is 8.51. The zero-order chi connectivity index (χ0) is 17.0. The Bertz CT molecular complexity index is 566. The number of nitrogens with one attached hydrogen (secondary N) is 3. The molecule has 0 bridgehead atoms. The van der Waals surface area contributed by atoms with Crippen LogP contribution in [0.4, 0.5) is 10.5 Å². The Labute approximate surface area is 137 Å². The third-order valence-corrected chi connectivity index (χ3v) is 4.13. The molecule has 1 aromatic carbocycles. The van der Waals surface area contributed by atoms with Crippen LogP contribution >= 0.6 is 0 Å². The lowest BCUT2D eigenvalue weighted by atomic mass is 9.95. The first-order valence-electron chi connectivity index (χ1n) is 8.04. The van der Waals surface area contributed by atoms with Gasteiger partial charge in [-0.25, -0.2) is 4.79 Å². The Balaban J connectivity index is 1.96. The highest BCUT2D eigenvalue weighted by atomic mass is 16.2. The second kappa shape index (κ2) is 7.00. The Morgan fingerprint density at radius 3 is 2.35 bits per heavy atom. The Morgan fingerprint density at radius 2 is 1.87 bits per heavy atom. The van der Waals surface area contributed by atoms with Crippen LogP contribution in [-0.4, -0.2) is 30.1 Å². The molecule has 5 N–H and O–H groups in total. The predicted molar refractivity (Wildman–Crippen MR) is 91.4 cm³/mol. The van der Waals surface area contributed by atoms with Gasteiger partial charge in [-0.1, -0.05) is 0 Å². The van der Waals surface area contributed by atoms with Gasteiger partial charge in [-0.2, -0.15) is 0 Å². The fraction of sp³-hybridized carbons (Fsp3) is 0.529. The minimum Gasteiger partial charge on any atom is -0.345 e. The molecule has 1 unspecified atom stereocenters. The molecule has 0 aliphatic heterocycles. The van der Waals surface area contributed by atoms with Crippen LogP contribution < -0.4 is 21.7 Å². The Morgan fingerprint density at radius 1 is 1.26 bits per heavy atom. The van der Waals surface area contributed by atoms with Crippen LogP contribution in [0.2, 0.25) is 0 Å². The lowest BCUT2D eigenvalue weighted by Crippen LogP contribution is -2.53. The third kappa shape index (κ3) is 4.69. The summed E-state index contributed by atoms with van der Waals surface area (Å²) in [5.74, 6) is 0.333. The summed E-state index contributed by atoms with van der Waals surface area (Å²) in [6, 6.07) is 6.63. The molecular formula is C17H26N4O2. The minimum atomic E-state index is -0.342. The number of amides is 3. The smallest absolute Gasteiger partial charge is 0.319 e. The number of carbonyl (C=O) groups is 2. The summed E-state index contributed by atoms with van der Waals surface area (Å²) in [6.45, 7) is 6.20. The largest absolute Gasteiger partial charge is 0.345 e.